The number of nitrogens with zero attached hydrogens (tertiary/aromatic N) is 5. The third kappa shape index (κ3) is 7.19. The summed E-state index contributed by atoms with van der Waals surface area (Å²) in [6.45, 7) is 6.51. The van der Waals surface area contributed by atoms with E-state index in [-0.39, 0.29) is 62.6 Å². The molecule has 3 saturated heterocycles. The van der Waals surface area contributed by atoms with Gasteiger partial charge in [0.05, 0.1) is 26.3 Å². The summed E-state index contributed by atoms with van der Waals surface area (Å²) in [4.78, 5) is 60.3. The molecule has 5 amide bonds. The Labute approximate surface area is 279 Å². The van der Waals surface area contributed by atoms with Crippen molar-refractivity contribution in [3.63, 3.8) is 0 Å². The molecule has 12 heteroatoms. The number of hydrogen-bond acceptors (Lipinski definition) is 7. The standard InChI is InChI=1S/C36H40N6O6/c1-2-15-40-25-33(44)41-31(21-26-11-13-30(43)14-12-26)35(46)39(24-32(41)42(40)36(47)37-22-27-7-4-3-5-8-27)23-28-9-6-10-29(20-28)34(45)38-16-18-48-19-17-38/h2-14,20,31-32,43H,1,15-19,21-25H2,(H,37,47)/t31-,32-/m0/s1. The van der Waals surface area contributed by atoms with Gasteiger partial charge in [0.25, 0.3) is 5.91 Å². The molecule has 0 radical (unpaired) electrons. The summed E-state index contributed by atoms with van der Waals surface area (Å²) in [6, 6.07) is 22.0. The summed E-state index contributed by atoms with van der Waals surface area (Å²) >= 11 is 0. The quantitative estimate of drug-likeness (QED) is 0.341. The number of benzene rings is 3. The highest BCUT2D eigenvalue weighted by atomic mass is 16.5. The molecule has 3 aromatic rings. The number of ether oxygens (including phenoxy) is 1. The maximum atomic E-state index is 14.3. The topological polar surface area (TPSA) is 126 Å². The number of aromatic hydroxyl groups is 1. The molecule has 0 saturated carbocycles. The number of amides is 5. The van der Waals surface area contributed by atoms with E-state index in [9.17, 15) is 24.3 Å². The van der Waals surface area contributed by atoms with E-state index < -0.39 is 18.2 Å². The maximum Gasteiger partial charge on any atom is 0.334 e. The normalized spacial score (nSPS) is 20.0. The summed E-state index contributed by atoms with van der Waals surface area (Å²) in [7, 11) is 0. The smallest absolute Gasteiger partial charge is 0.334 e. The molecule has 48 heavy (non-hydrogen) atoms. The van der Waals surface area contributed by atoms with Crippen LogP contribution in [0.4, 0.5) is 4.79 Å². The molecule has 3 fully saturated rings. The lowest BCUT2D eigenvalue weighted by atomic mass is 9.98. The molecule has 3 aliphatic heterocycles. The van der Waals surface area contributed by atoms with Crippen LogP contribution in [0.1, 0.15) is 27.0 Å². The molecular weight excluding hydrogens is 612 g/mol. The highest BCUT2D eigenvalue weighted by Gasteiger charge is 2.51. The van der Waals surface area contributed by atoms with Crippen molar-refractivity contribution in [2.45, 2.75) is 31.7 Å². The summed E-state index contributed by atoms with van der Waals surface area (Å²) in [5.41, 5.74) is 2.95. The van der Waals surface area contributed by atoms with Gasteiger partial charge in [0.2, 0.25) is 11.8 Å². The van der Waals surface area contributed by atoms with Crippen LogP contribution in [0, 0.1) is 0 Å². The molecule has 0 aliphatic carbocycles. The number of carbonyl (C=O) groups is 4. The molecule has 0 bridgehead atoms. The van der Waals surface area contributed by atoms with Gasteiger partial charge < -0.3 is 29.9 Å². The largest absolute Gasteiger partial charge is 0.508 e. The third-order valence-corrected chi connectivity index (χ3v) is 8.88. The van der Waals surface area contributed by atoms with E-state index in [1.54, 1.807) is 63.3 Å². The maximum absolute atomic E-state index is 14.3. The molecule has 3 aliphatic rings. The van der Waals surface area contributed by atoms with Gasteiger partial charge in [-0.25, -0.2) is 14.8 Å². The molecule has 12 nitrogen and oxygen atoms in total. The van der Waals surface area contributed by atoms with Crippen molar-refractivity contribution >= 4 is 23.8 Å². The monoisotopic (exact) mass is 652 g/mol. The number of hydrazine groups is 1. The first-order valence-corrected chi connectivity index (χ1v) is 16.1. The second-order valence-corrected chi connectivity index (χ2v) is 12.1. The van der Waals surface area contributed by atoms with Gasteiger partial charge >= 0.3 is 6.03 Å². The Kier molecular flexibility index (Phi) is 10.0. The van der Waals surface area contributed by atoms with Crippen molar-refractivity contribution in [2.75, 3.05) is 45.9 Å². The van der Waals surface area contributed by atoms with Gasteiger partial charge in [0.1, 0.15) is 18.0 Å². The zero-order valence-corrected chi connectivity index (χ0v) is 26.7. The Morgan fingerprint density at radius 1 is 0.938 bits per heavy atom. The number of carbonyl (C=O) groups excluding carboxylic acids is 4. The fraction of sp³-hybridized carbons (Fsp3) is 0.333. The average molecular weight is 653 g/mol. The lowest BCUT2D eigenvalue weighted by Gasteiger charge is -2.55. The van der Waals surface area contributed by atoms with Gasteiger partial charge in [-0.3, -0.25) is 14.4 Å². The van der Waals surface area contributed by atoms with E-state index in [0.717, 1.165) is 16.7 Å². The number of phenols is 1. The van der Waals surface area contributed by atoms with E-state index in [1.165, 1.54) is 9.91 Å². The van der Waals surface area contributed by atoms with E-state index in [0.29, 0.717) is 31.9 Å². The van der Waals surface area contributed by atoms with Crippen LogP contribution in [0.5, 0.6) is 5.75 Å². The second-order valence-electron chi connectivity index (χ2n) is 12.1. The van der Waals surface area contributed by atoms with Crippen molar-refractivity contribution in [2.24, 2.45) is 0 Å². The van der Waals surface area contributed by atoms with Crippen LogP contribution in [-0.2, 0) is 33.8 Å². The molecule has 0 unspecified atom stereocenters. The van der Waals surface area contributed by atoms with Crippen molar-refractivity contribution in [1.82, 2.24) is 30.0 Å². The number of urea groups is 1. The molecule has 250 valence electrons. The Bertz CT molecular complexity index is 1640. The number of rotatable bonds is 9. The molecule has 3 aromatic carbocycles. The van der Waals surface area contributed by atoms with Gasteiger partial charge in [0, 0.05) is 44.7 Å². The Morgan fingerprint density at radius 3 is 2.40 bits per heavy atom. The summed E-state index contributed by atoms with van der Waals surface area (Å²) in [5, 5.41) is 16.1. The van der Waals surface area contributed by atoms with Gasteiger partial charge in [-0.2, -0.15) is 0 Å². The molecule has 0 aromatic heterocycles. The minimum Gasteiger partial charge on any atom is -0.508 e. The SMILES string of the molecule is C=CCN1CC(=O)N2[C@@H](Cc3ccc(O)cc3)C(=O)N(Cc3cccc(C(=O)N4CCOCC4)c3)C[C@@H]2N1C(=O)NCc1ccccc1. The number of piperazine rings is 1. The highest BCUT2D eigenvalue weighted by molar-refractivity contribution is 5.95. The van der Waals surface area contributed by atoms with E-state index in [1.807, 2.05) is 36.4 Å². The summed E-state index contributed by atoms with van der Waals surface area (Å²) in [6.07, 6.45) is 1.02. The van der Waals surface area contributed by atoms with Crippen LogP contribution < -0.4 is 5.32 Å². The Morgan fingerprint density at radius 2 is 1.67 bits per heavy atom. The van der Waals surface area contributed by atoms with Crippen molar-refractivity contribution in [3.8, 4) is 5.75 Å². The van der Waals surface area contributed by atoms with Crippen LogP contribution in [0.3, 0.4) is 0 Å². The second kappa shape index (κ2) is 14.7. The van der Waals surface area contributed by atoms with Gasteiger partial charge in [-0.15, -0.1) is 6.58 Å². The number of nitrogens with one attached hydrogen (secondary N) is 1. The van der Waals surface area contributed by atoms with Crippen LogP contribution in [-0.4, -0.2) is 112 Å². The fourth-order valence-electron chi connectivity index (χ4n) is 6.53. The molecule has 0 spiro atoms. The van der Waals surface area contributed by atoms with Crippen molar-refractivity contribution < 1.29 is 29.0 Å². The minimum atomic E-state index is -0.908. The van der Waals surface area contributed by atoms with E-state index in [2.05, 4.69) is 11.9 Å². The third-order valence-electron chi connectivity index (χ3n) is 8.88. The average Bonchev–Trinajstić information content (AvgIpc) is 3.10. The zero-order chi connectivity index (χ0) is 33.6. The van der Waals surface area contributed by atoms with Crippen molar-refractivity contribution in [1.29, 1.82) is 0 Å². The van der Waals surface area contributed by atoms with Gasteiger partial charge in [-0.1, -0.05) is 60.7 Å². The van der Waals surface area contributed by atoms with Crippen LogP contribution in [0.2, 0.25) is 0 Å². The van der Waals surface area contributed by atoms with E-state index >= 15 is 0 Å². The predicted octanol–water partition coefficient (Wildman–Crippen LogP) is 2.60. The van der Waals surface area contributed by atoms with Crippen LogP contribution >= 0.6 is 0 Å². The number of hydrogen-bond donors (Lipinski definition) is 2. The van der Waals surface area contributed by atoms with Crippen LogP contribution in [0.25, 0.3) is 0 Å². The van der Waals surface area contributed by atoms with Gasteiger partial charge in [-0.05, 0) is 41.0 Å². The first-order chi connectivity index (χ1) is 23.3. The summed E-state index contributed by atoms with van der Waals surface area (Å²) in [5.74, 6) is -0.543. The number of phenolic OH excluding ortho intramolecular Hbond substituents is 1. The molecule has 3 heterocycles. The number of morpholine rings is 1. The lowest BCUT2D eigenvalue weighted by molar-refractivity contribution is -0.189. The van der Waals surface area contributed by atoms with Crippen LogP contribution in [0.15, 0.2) is 91.5 Å². The Hall–Kier alpha value is -5.20. The fourth-order valence-corrected chi connectivity index (χ4v) is 6.53. The molecule has 6 rings (SSSR count). The first-order valence-electron chi connectivity index (χ1n) is 16.1. The van der Waals surface area contributed by atoms with Crippen molar-refractivity contribution in [3.05, 3.63) is 114 Å². The molecular formula is C36H40N6O6. The molecule has 2 atom stereocenters. The number of fused-ring (bicyclic) bond motifs is 1. The van der Waals surface area contributed by atoms with E-state index in [4.69, 9.17) is 4.74 Å². The lowest BCUT2D eigenvalue weighted by Crippen LogP contribution is -2.76. The zero-order valence-electron chi connectivity index (χ0n) is 26.7. The summed E-state index contributed by atoms with van der Waals surface area (Å²) < 4.78 is 5.40. The molecule has 2 N–H and O–H groups in total. The van der Waals surface area contributed by atoms with Gasteiger partial charge in [0.15, 0.2) is 0 Å². The predicted molar refractivity (Wildman–Crippen MR) is 177 cm³/mol. The Balaban J connectivity index is 1.31. The minimum absolute atomic E-state index is 0.0602. The first kappa shape index (κ1) is 32.7. The highest BCUT2D eigenvalue weighted by Crippen LogP contribution is 2.30.